The molecule has 1 N–H and O–H groups in total. The third-order valence-corrected chi connectivity index (χ3v) is 2.86. The second-order valence-electron chi connectivity index (χ2n) is 4.00. The quantitative estimate of drug-likeness (QED) is 0.900. The molecule has 2 rings (SSSR count). The Balaban J connectivity index is 2.26. The van der Waals surface area contributed by atoms with Crippen molar-refractivity contribution in [1.29, 1.82) is 0 Å². The summed E-state index contributed by atoms with van der Waals surface area (Å²) in [5.74, 6) is -1.04. The van der Waals surface area contributed by atoms with Gasteiger partial charge in [0.15, 0.2) is 0 Å². The van der Waals surface area contributed by atoms with Gasteiger partial charge in [-0.1, -0.05) is 12.1 Å². The van der Waals surface area contributed by atoms with Crippen LogP contribution in [0.2, 0.25) is 0 Å². The van der Waals surface area contributed by atoms with Crippen molar-refractivity contribution in [1.82, 2.24) is 10.3 Å². The summed E-state index contributed by atoms with van der Waals surface area (Å²) >= 11 is 0. The van der Waals surface area contributed by atoms with Crippen LogP contribution in [0, 0.1) is 11.6 Å². The van der Waals surface area contributed by atoms with Crippen molar-refractivity contribution >= 4 is 0 Å². The van der Waals surface area contributed by atoms with Crippen molar-refractivity contribution in [2.24, 2.45) is 0 Å². The van der Waals surface area contributed by atoms with Gasteiger partial charge in [-0.05, 0) is 37.7 Å². The topological polar surface area (TPSA) is 24.9 Å². The number of rotatable bonds is 4. The van der Waals surface area contributed by atoms with Crippen molar-refractivity contribution in [3.05, 3.63) is 65.5 Å². The predicted octanol–water partition coefficient (Wildman–Crippen LogP) is 2.86. The Morgan fingerprint density at radius 3 is 2.39 bits per heavy atom. The van der Waals surface area contributed by atoms with Crippen molar-refractivity contribution in [2.45, 2.75) is 12.5 Å². The summed E-state index contributed by atoms with van der Waals surface area (Å²) in [6.45, 7) is 0. The summed E-state index contributed by atoms with van der Waals surface area (Å²) in [7, 11) is 1.75. The lowest BCUT2D eigenvalue weighted by atomic mass is 10.0. The predicted molar refractivity (Wildman–Crippen MR) is 66.1 cm³/mol. The molecule has 0 amide bonds. The number of pyridine rings is 1. The molecule has 0 spiro atoms. The summed E-state index contributed by atoms with van der Waals surface area (Å²) in [5, 5.41) is 3.03. The van der Waals surface area contributed by atoms with Gasteiger partial charge < -0.3 is 5.32 Å². The molecule has 0 aliphatic heterocycles. The monoisotopic (exact) mass is 248 g/mol. The maximum Gasteiger partial charge on any atom is 0.129 e. The summed E-state index contributed by atoms with van der Waals surface area (Å²) in [6, 6.07) is 9.18. The number of nitrogens with zero attached hydrogens (tertiary/aromatic N) is 1. The fraction of sp³-hybridized carbons (Fsp3) is 0.214. The number of hydrogen-bond acceptors (Lipinski definition) is 2. The van der Waals surface area contributed by atoms with E-state index in [0.717, 1.165) is 5.69 Å². The van der Waals surface area contributed by atoms with Gasteiger partial charge in [-0.15, -0.1) is 0 Å². The highest BCUT2D eigenvalue weighted by atomic mass is 19.1. The molecule has 1 aromatic carbocycles. The molecule has 1 aromatic heterocycles. The van der Waals surface area contributed by atoms with E-state index in [1.54, 1.807) is 19.3 Å². The molecule has 1 heterocycles. The zero-order valence-corrected chi connectivity index (χ0v) is 10.0. The van der Waals surface area contributed by atoms with Crippen molar-refractivity contribution in [3.8, 4) is 0 Å². The summed E-state index contributed by atoms with van der Waals surface area (Å²) in [4.78, 5) is 4.20. The first-order valence-corrected chi connectivity index (χ1v) is 5.73. The van der Waals surface area contributed by atoms with Crippen molar-refractivity contribution in [3.63, 3.8) is 0 Å². The molecular formula is C14H14F2N2. The molecule has 0 bridgehead atoms. The van der Waals surface area contributed by atoms with Crippen LogP contribution in [0.25, 0.3) is 0 Å². The highest BCUT2D eigenvalue weighted by molar-refractivity contribution is 5.23. The van der Waals surface area contributed by atoms with Crippen LogP contribution in [0.5, 0.6) is 0 Å². The zero-order valence-electron chi connectivity index (χ0n) is 10.0. The fourth-order valence-electron chi connectivity index (χ4n) is 1.87. The molecule has 1 atom stereocenters. The SMILES string of the molecule is CNC(Cc1c(F)cccc1F)c1ccccn1. The summed E-state index contributed by atoms with van der Waals surface area (Å²) < 4.78 is 27.1. The van der Waals surface area contributed by atoms with Gasteiger partial charge in [0.05, 0.1) is 11.7 Å². The van der Waals surface area contributed by atoms with E-state index in [2.05, 4.69) is 10.3 Å². The van der Waals surface area contributed by atoms with Gasteiger partial charge in [-0.3, -0.25) is 4.98 Å². The van der Waals surface area contributed by atoms with E-state index in [-0.39, 0.29) is 18.0 Å². The van der Waals surface area contributed by atoms with Crippen LogP contribution < -0.4 is 5.32 Å². The number of nitrogens with one attached hydrogen (secondary N) is 1. The smallest absolute Gasteiger partial charge is 0.129 e. The molecule has 2 nitrogen and oxygen atoms in total. The number of aromatic nitrogens is 1. The first-order chi connectivity index (χ1) is 8.72. The van der Waals surface area contributed by atoms with E-state index in [1.807, 2.05) is 12.1 Å². The van der Waals surface area contributed by atoms with Crippen LogP contribution in [0.15, 0.2) is 42.6 Å². The molecule has 0 aliphatic carbocycles. The normalized spacial score (nSPS) is 12.4. The van der Waals surface area contributed by atoms with Crippen LogP contribution in [0.4, 0.5) is 8.78 Å². The van der Waals surface area contributed by atoms with E-state index in [4.69, 9.17) is 0 Å². The summed E-state index contributed by atoms with van der Waals surface area (Å²) in [6.07, 6.45) is 1.89. The lowest BCUT2D eigenvalue weighted by Crippen LogP contribution is -2.21. The van der Waals surface area contributed by atoms with Crippen LogP contribution in [-0.2, 0) is 6.42 Å². The molecule has 0 fully saturated rings. The molecule has 18 heavy (non-hydrogen) atoms. The second-order valence-corrected chi connectivity index (χ2v) is 4.00. The largest absolute Gasteiger partial charge is 0.311 e. The minimum Gasteiger partial charge on any atom is -0.311 e. The third kappa shape index (κ3) is 2.71. The molecule has 0 saturated heterocycles. The lowest BCUT2D eigenvalue weighted by Gasteiger charge is -2.16. The van der Waals surface area contributed by atoms with E-state index in [0.29, 0.717) is 0 Å². The van der Waals surface area contributed by atoms with Gasteiger partial charge in [-0.2, -0.15) is 0 Å². The Kier molecular flexibility index (Phi) is 3.99. The highest BCUT2D eigenvalue weighted by Crippen LogP contribution is 2.20. The van der Waals surface area contributed by atoms with E-state index >= 15 is 0 Å². The first-order valence-electron chi connectivity index (χ1n) is 5.73. The molecule has 2 aromatic rings. The maximum absolute atomic E-state index is 13.6. The van der Waals surface area contributed by atoms with Crippen molar-refractivity contribution in [2.75, 3.05) is 7.05 Å². The van der Waals surface area contributed by atoms with Gasteiger partial charge in [0, 0.05) is 11.8 Å². The highest BCUT2D eigenvalue weighted by Gasteiger charge is 2.16. The Labute approximate surface area is 105 Å². The Hall–Kier alpha value is -1.81. The molecular weight excluding hydrogens is 234 g/mol. The minimum absolute atomic E-state index is 0.0857. The minimum atomic E-state index is -0.522. The van der Waals surface area contributed by atoms with E-state index in [1.165, 1.54) is 18.2 Å². The Morgan fingerprint density at radius 2 is 1.83 bits per heavy atom. The van der Waals surface area contributed by atoms with E-state index < -0.39 is 11.6 Å². The Bertz CT molecular complexity index is 494. The van der Waals surface area contributed by atoms with Gasteiger partial charge in [0.25, 0.3) is 0 Å². The van der Waals surface area contributed by atoms with Gasteiger partial charge >= 0.3 is 0 Å². The average Bonchev–Trinajstić information content (AvgIpc) is 2.40. The molecule has 0 aliphatic rings. The van der Waals surface area contributed by atoms with Gasteiger partial charge in [0.1, 0.15) is 11.6 Å². The lowest BCUT2D eigenvalue weighted by molar-refractivity contribution is 0.509. The Morgan fingerprint density at radius 1 is 1.11 bits per heavy atom. The second kappa shape index (κ2) is 5.69. The molecule has 4 heteroatoms. The average molecular weight is 248 g/mol. The third-order valence-electron chi connectivity index (χ3n) is 2.86. The van der Waals surface area contributed by atoms with Crippen LogP contribution in [0.1, 0.15) is 17.3 Å². The van der Waals surface area contributed by atoms with Crippen LogP contribution in [0.3, 0.4) is 0 Å². The molecule has 0 saturated carbocycles. The fourth-order valence-corrected chi connectivity index (χ4v) is 1.87. The summed E-state index contributed by atoms with van der Waals surface area (Å²) in [5.41, 5.74) is 0.852. The number of halogens is 2. The standard InChI is InChI=1S/C14H14F2N2/c1-17-14(13-7-2-3-8-18-13)9-10-11(15)5-4-6-12(10)16/h2-8,14,17H,9H2,1H3. The molecule has 94 valence electrons. The molecule has 1 unspecified atom stereocenters. The zero-order chi connectivity index (χ0) is 13.0. The van der Waals surface area contributed by atoms with E-state index in [9.17, 15) is 8.78 Å². The molecule has 0 radical (unpaired) electrons. The number of hydrogen-bond donors (Lipinski definition) is 1. The van der Waals surface area contributed by atoms with Gasteiger partial charge in [0.2, 0.25) is 0 Å². The van der Waals surface area contributed by atoms with Crippen molar-refractivity contribution < 1.29 is 8.78 Å². The van der Waals surface area contributed by atoms with Crippen LogP contribution in [-0.4, -0.2) is 12.0 Å². The van der Waals surface area contributed by atoms with Gasteiger partial charge in [-0.25, -0.2) is 8.78 Å². The maximum atomic E-state index is 13.6. The van der Waals surface area contributed by atoms with Crippen LogP contribution >= 0.6 is 0 Å². The number of benzene rings is 1. The first kappa shape index (κ1) is 12.6. The number of likely N-dealkylation sites (N-methyl/N-ethyl adjacent to an activating group) is 1.